The van der Waals surface area contributed by atoms with Crippen molar-refractivity contribution >= 4 is 29.7 Å². The molecule has 5 rings (SSSR count). The second kappa shape index (κ2) is 29.4. The van der Waals surface area contributed by atoms with Crippen LogP contribution >= 0.6 is 24.0 Å². The minimum atomic E-state index is -0.116. The quantitative estimate of drug-likeness (QED) is 0.188. The lowest BCUT2D eigenvalue weighted by atomic mass is 9.96. The van der Waals surface area contributed by atoms with E-state index in [9.17, 15) is 0 Å². The molecular weight excluding hydrogens is 755 g/mol. The smallest absolute Gasteiger partial charge is 0.0670 e. The van der Waals surface area contributed by atoms with Gasteiger partial charge in [-0.2, -0.15) is 0 Å². The van der Waals surface area contributed by atoms with Gasteiger partial charge in [-0.05, 0) is 74.8 Å². The molecule has 0 saturated carbocycles. The van der Waals surface area contributed by atoms with Crippen molar-refractivity contribution in [3.05, 3.63) is 89.5 Å². The number of nitrogens with one attached hydrogen (secondary N) is 1. The number of rotatable bonds is 11. The largest absolute Gasteiger partial charge is 0.396 e. The number of anilines is 1. The first-order chi connectivity index (χ1) is 24.7. The molecule has 0 aliphatic carbocycles. The third-order valence-corrected chi connectivity index (χ3v) is 10.1. The molecule has 0 radical (unpaired) electrons. The van der Waals surface area contributed by atoms with Gasteiger partial charge in [0.2, 0.25) is 0 Å². The average Bonchev–Trinajstić information content (AvgIpc) is 3.20. The standard InChI is InChI=1S/C17H28N4.C17H20.C7H16O2.2C2H6.HI/c1-16-2-4-17(5-3-16)21-14-12-20(13-15-21)11-10-19-8-6-18-7-9-19;1-4-14(3)15-9-11-17(12-10-15)16-7-5-13(2)6-8-16;1-4-7(2,9-3)5-6-8;2*1-2;/h2-5,18H,6-15H2,1H3;5-12,14H,4H2,1-3H3;8H,4-6H2,1-3H3;2*1-2H3;1H. The van der Waals surface area contributed by atoms with Crippen molar-refractivity contribution < 1.29 is 9.84 Å². The van der Waals surface area contributed by atoms with E-state index < -0.39 is 0 Å². The first kappa shape index (κ1) is 50.0. The van der Waals surface area contributed by atoms with E-state index in [-0.39, 0.29) is 36.2 Å². The van der Waals surface area contributed by atoms with Crippen LogP contribution in [0.25, 0.3) is 11.1 Å². The summed E-state index contributed by atoms with van der Waals surface area (Å²) in [6.07, 6.45) is 2.87. The molecule has 3 aromatic carbocycles. The zero-order chi connectivity index (χ0) is 38.1. The van der Waals surface area contributed by atoms with Crippen molar-refractivity contribution in [1.82, 2.24) is 15.1 Å². The molecule has 6 nitrogen and oxygen atoms in total. The van der Waals surface area contributed by atoms with Crippen LogP contribution < -0.4 is 10.2 Å². The molecule has 296 valence electrons. The highest BCUT2D eigenvalue weighted by Gasteiger charge is 2.20. The fourth-order valence-electron chi connectivity index (χ4n) is 5.85. The SMILES string of the molecule is CC.CC.CCC(C)(CCO)OC.CCC(C)c1ccc(-c2ccc(C)cc2)cc1.Cc1ccc(N2CCN(CCN3CCNCC3)CC2)cc1.I. The number of halogens is 1. The number of aliphatic hydroxyl groups excluding tert-OH is 1. The summed E-state index contributed by atoms with van der Waals surface area (Å²) in [5.41, 5.74) is 7.95. The van der Waals surface area contributed by atoms with Crippen LogP contribution in [0.1, 0.15) is 97.3 Å². The predicted molar refractivity (Wildman–Crippen MR) is 240 cm³/mol. The summed E-state index contributed by atoms with van der Waals surface area (Å²) in [4.78, 5) is 7.72. The van der Waals surface area contributed by atoms with E-state index in [2.05, 4.69) is 127 Å². The lowest BCUT2D eigenvalue weighted by molar-refractivity contribution is -0.0156. The lowest BCUT2D eigenvalue weighted by Gasteiger charge is -2.37. The highest BCUT2D eigenvalue weighted by Crippen LogP contribution is 2.24. The number of benzene rings is 3. The lowest BCUT2D eigenvalue weighted by Crippen LogP contribution is -2.50. The van der Waals surface area contributed by atoms with E-state index in [4.69, 9.17) is 9.84 Å². The molecule has 2 aliphatic rings. The molecular formula is C45H77IN4O2. The fourth-order valence-corrected chi connectivity index (χ4v) is 5.85. The van der Waals surface area contributed by atoms with E-state index in [1.807, 2.05) is 34.6 Å². The van der Waals surface area contributed by atoms with Crippen LogP contribution in [0.3, 0.4) is 0 Å². The van der Waals surface area contributed by atoms with Crippen molar-refractivity contribution in [3.63, 3.8) is 0 Å². The molecule has 0 amide bonds. The molecule has 2 aliphatic heterocycles. The maximum Gasteiger partial charge on any atom is 0.0670 e. The summed E-state index contributed by atoms with van der Waals surface area (Å²) < 4.78 is 5.17. The Hall–Kier alpha value is -2.01. The normalized spacial score (nSPS) is 16.0. The summed E-state index contributed by atoms with van der Waals surface area (Å²) in [6, 6.07) is 26.6. The van der Waals surface area contributed by atoms with Gasteiger partial charge in [0, 0.05) is 84.9 Å². The second-order valence-electron chi connectivity index (χ2n) is 13.5. The molecule has 2 N–H and O–H groups in total. The van der Waals surface area contributed by atoms with Gasteiger partial charge < -0.3 is 20.1 Å². The molecule has 7 heteroatoms. The van der Waals surface area contributed by atoms with Gasteiger partial charge in [-0.25, -0.2) is 0 Å². The van der Waals surface area contributed by atoms with E-state index in [1.54, 1.807) is 7.11 Å². The maximum absolute atomic E-state index is 8.58. The van der Waals surface area contributed by atoms with Gasteiger partial charge in [0.05, 0.1) is 5.60 Å². The van der Waals surface area contributed by atoms with Crippen LogP contribution in [-0.4, -0.2) is 99.7 Å². The molecule has 0 bridgehead atoms. The molecule has 2 atom stereocenters. The Bertz CT molecular complexity index is 1240. The van der Waals surface area contributed by atoms with Gasteiger partial charge in [-0.1, -0.05) is 120 Å². The van der Waals surface area contributed by atoms with Crippen LogP contribution in [0.5, 0.6) is 0 Å². The number of nitrogens with zero attached hydrogens (tertiary/aromatic N) is 3. The zero-order valence-electron chi connectivity index (χ0n) is 35.0. The van der Waals surface area contributed by atoms with Crippen LogP contribution in [0.4, 0.5) is 5.69 Å². The van der Waals surface area contributed by atoms with Gasteiger partial charge in [0.15, 0.2) is 0 Å². The molecule has 2 saturated heterocycles. The van der Waals surface area contributed by atoms with Gasteiger partial charge in [-0.3, -0.25) is 9.80 Å². The Morgan fingerprint density at radius 1 is 0.712 bits per heavy atom. The van der Waals surface area contributed by atoms with Crippen LogP contribution in [0.2, 0.25) is 0 Å². The number of aliphatic hydroxyl groups is 1. The van der Waals surface area contributed by atoms with Crippen molar-refractivity contribution in [3.8, 4) is 11.1 Å². The van der Waals surface area contributed by atoms with E-state index in [0.717, 1.165) is 39.0 Å². The first-order valence-electron chi connectivity index (χ1n) is 20.0. The number of hydrogen-bond acceptors (Lipinski definition) is 6. The van der Waals surface area contributed by atoms with Crippen molar-refractivity contribution in [2.24, 2.45) is 0 Å². The van der Waals surface area contributed by atoms with Gasteiger partial charge in [-0.15, -0.1) is 24.0 Å². The van der Waals surface area contributed by atoms with E-state index >= 15 is 0 Å². The van der Waals surface area contributed by atoms with Crippen LogP contribution in [0.15, 0.2) is 72.8 Å². The number of ether oxygens (including phenoxy) is 1. The Morgan fingerprint density at radius 3 is 1.56 bits per heavy atom. The van der Waals surface area contributed by atoms with Gasteiger partial charge >= 0.3 is 0 Å². The van der Waals surface area contributed by atoms with Gasteiger partial charge in [0.1, 0.15) is 0 Å². The summed E-state index contributed by atoms with van der Waals surface area (Å²) in [5, 5.41) is 12.0. The topological polar surface area (TPSA) is 51.2 Å². The summed E-state index contributed by atoms with van der Waals surface area (Å²) >= 11 is 0. The Labute approximate surface area is 337 Å². The number of aryl methyl sites for hydroxylation is 2. The van der Waals surface area contributed by atoms with Crippen LogP contribution in [-0.2, 0) is 4.74 Å². The zero-order valence-corrected chi connectivity index (χ0v) is 37.3. The molecule has 2 heterocycles. The minimum absolute atomic E-state index is 0. The minimum Gasteiger partial charge on any atom is -0.396 e. The van der Waals surface area contributed by atoms with Crippen molar-refractivity contribution in [2.45, 2.75) is 100 Å². The second-order valence-corrected chi connectivity index (χ2v) is 13.5. The molecule has 2 fully saturated rings. The molecule has 3 aromatic rings. The maximum atomic E-state index is 8.58. The first-order valence-corrected chi connectivity index (χ1v) is 20.0. The molecule has 0 aromatic heterocycles. The van der Waals surface area contributed by atoms with Crippen molar-refractivity contribution in [2.75, 3.05) is 84.1 Å². The average molecular weight is 833 g/mol. The molecule has 2 unspecified atom stereocenters. The van der Waals surface area contributed by atoms with E-state index in [0.29, 0.717) is 5.92 Å². The molecule has 0 spiro atoms. The highest BCUT2D eigenvalue weighted by atomic mass is 127. The monoisotopic (exact) mass is 833 g/mol. The van der Waals surface area contributed by atoms with Crippen molar-refractivity contribution in [1.29, 1.82) is 0 Å². The Morgan fingerprint density at radius 2 is 1.15 bits per heavy atom. The third-order valence-electron chi connectivity index (χ3n) is 10.1. The fraction of sp³-hybridized carbons (Fsp3) is 0.600. The van der Waals surface area contributed by atoms with E-state index in [1.165, 1.54) is 79.2 Å². The highest BCUT2D eigenvalue weighted by molar-refractivity contribution is 14.0. The third kappa shape index (κ3) is 18.8. The summed E-state index contributed by atoms with van der Waals surface area (Å²) in [7, 11) is 1.68. The summed E-state index contributed by atoms with van der Waals surface area (Å²) in [6.45, 7) is 32.9. The number of methoxy groups -OCH3 is 1. The Kier molecular flexibility index (Phi) is 28.2. The predicted octanol–water partition coefficient (Wildman–Crippen LogP) is 10.1. The molecule has 52 heavy (non-hydrogen) atoms. The summed E-state index contributed by atoms with van der Waals surface area (Å²) in [5.74, 6) is 0.655. The van der Waals surface area contributed by atoms with Gasteiger partial charge in [0.25, 0.3) is 0 Å². The number of piperazine rings is 2. The van der Waals surface area contributed by atoms with Crippen LogP contribution in [0, 0.1) is 13.8 Å². The Balaban J connectivity index is 0.000000756. The number of hydrogen-bond donors (Lipinski definition) is 2.